The second-order valence-electron chi connectivity index (χ2n) is 7.03. The number of amides is 1. The molecule has 0 saturated heterocycles. The van der Waals surface area contributed by atoms with Crippen LogP contribution >= 0.6 is 0 Å². The van der Waals surface area contributed by atoms with Crippen molar-refractivity contribution in [2.45, 2.75) is 59.1 Å². The van der Waals surface area contributed by atoms with E-state index in [4.69, 9.17) is 9.47 Å². The first-order valence-corrected chi connectivity index (χ1v) is 8.41. The second-order valence-corrected chi connectivity index (χ2v) is 7.03. The van der Waals surface area contributed by atoms with Crippen LogP contribution in [0.3, 0.4) is 0 Å². The molecule has 5 heteroatoms. The molecular weight excluding hydrogens is 306 g/mol. The number of ether oxygens (including phenoxy) is 2. The highest BCUT2D eigenvalue weighted by Crippen LogP contribution is 2.10. The molecule has 134 valence electrons. The first kappa shape index (κ1) is 20.0. The van der Waals surface area contributed by atoms with Crippen LogP contribution in [0.4, 0.5) is 4.79 Å². The van der Waals surface area contributed by atoms with E-state index in [1.165, 1.54) is 0 Å². The predicted molar refractivity (Wildman–Crippen MR) is 93.7 cm³/mol. The maximum Gasteiger partial charge on any atom is 0.408 e. The van der Waals surface area contributed by atoms with E-state index in [0.29, 0.717) is 13.0 Å². The summed E-state index contributed by atoms with van der Waals surface area (Å²) in [6.45, 7) is 9.73. The van der Waals surface area contributed by atoms with Crippen molar-refractivity contribution in [2.24, 2.45) is 5.92 Å². The predicted octanol–water partition coefficient (Wildman–Crippen LogP) is 3.71. The van der Waals surface area contributed by atoms with Crippen LogP contribution in [0.15, 0.2) is 30.3 Å². The first-order valence-electron chi connectivity index (χ1n) is 8.41. The minimum atomic E-state index is -0.772. The number of esters is 1. The summed E-state index contributed by atoms with van der Waals surface area (Å²) in [4.78, 5) is 24.4. The average molecular weight is 335 g/mol. The van der Waals surface area contributed by atoms with Gasteiger partial charge < -0.3 is 14.8 Å². The van der Waals surface area contributed by atoms with Crippen LogP contribution in [0.5, 0.6) is 0 Å². The van der Waals surface area contributed by atoms with Crippen LogP contribution in [0, 0.1) is 5.92 Å². The topological polar surface area (TPSA) is 64.6 Å². The SMILES string of the molecule is CCC(C)COC(=O)[C@H](Cc1ccccc1)NC(=O)OC(C)(C)C. The molecule has 24 heavy (non-hydrogen) atoms. The molecule has 0 heterocycles. The molecule has 0 aliphatic rings. The Kier molecular flexibility index (Phi) is 7.75. The van der Waals surface area contributed by atoms with Gasteiger partial charge in [0.25, 0.3) is 0 Å². The van der Waals surface area contributed by atoms with E-state index in [1.54, 1.807) is 20.8 Å². The number of rotatable bonds is 7. The number of hydrogen-bond acceptors (Lipinski definition) is 4. The van der Waals surface area contributed by atoms with Crippen molar-refractivity contribution in [3.05, 3.63) is 35.9 Å². The lowest BCUT2D eigenvalue weighted by molar-refractivity contribution is -0.147. The fourth-order valence-electron chi connectivity index (χ4n) is 1.94. The van der Waals surface area contributed by atoms with Crippen molar-refractivity contribution < 1.29 is 19.1 Å². The molecule has 1 amide bonds. The number of carbonyl (C=O) groups excluding carboxylic acids is 2. The second kappa shape index (κ2) is 9.30. The van der Waals surface area contributed by atoms with Crippen LogP contribution < -0.4 is 5.32 Å². The van der Waals surface area contributed by atoms with Crippen LogP contribution in [0.2, 0.25) is 0 Å². The number of benzene rings is 1. The molecule has 1 rings (SSSR count). The quantitative estimate of drug-likeness (QED) is 0.772. The van der Waals surface area contributed by atoms with Gasteiger partial charge in [0.1, 0.15) is 11.6 Å². The monoisotopic (exact) mass is 335 g/mol. The van der Waals surface area contributed by atoms with Crippen LogP contribution in [-0.2, 0) is 20.7 Å². The van der Waals surface area contributed by atoms with Crippen LogP contribution in [-0.4, -0.2) is 30.3 Å². The lowest BCUT2D eigenvalue weighted by Crippen LogP contribution is -2.45. The summed E-state index contributed by atoms with van der Waals surface area (Å²) in [6.07, 6.45) is 0.666. The Morgan fingerprint density at radius 1 is 1.17 bits per heavy atom. The van der Waals surface area contributed by atoms with Crippen molar-refractivity contribution in [1.29, 1.82) is 0 Å². The van der Waals surface area contributed by atoms with E-state index >= 15 is 0 Å². The molecule has 0 spiro atoms. The molecule has 2 atom stereocenters. The molecule has 0 aromatic heterocycles. The van der Waals surface area contributed by atoms with Crippen molar-refractivity contribution in [1.82, 2.24) is 5.32 Å². The zero-order chi connectivity index (χ0) is 18.2. The molecular formula is C19H29NO4. The molecule has 5 nitrogen and oxygen atoms in total. The van der Waals surface area contributed by atoms with Crippen molar-refractivity contribution in [2.75, 3.05) is 6.61 Å². The van der Waals surface area contributed by atoms with Gasteiger partial charge in [-0.25, -0.2) is 9.59 Å². The van der Waals surface area contributed by atoms with Gasteiger partial charge in [0, 0.05) is 6.42 Å². The summed E-state index contributed by atoms with van der Waals surface area (Å²) in [5, 5.41) is 2.63. The molecule has 0 bridgehead atoms. The van der Waals surface area contributed by atoms with Crippen molar-refractivity contribution in [3.8, 4) is 0 Å². The third-order valence-corrected chi connectivity index (χ3v) is 3.47. The van der Waals surface area contributed by atoms with Gasteiger partial charge in [-0.2, -0.15) is 0 Å². The third-order valence-electron chi connectivity index (χ3n) is 3.47. The summed E-state index contributed by atoms with van der Waals surface area (Å²) in [5.74, 6) is -0.155. The summed E-state index contributed by atoms with van der Waals surface area (Å²) < 4.78 is 10.6. The molecule has 1 unspecified atom stereocenters. The fraction of sp³-hybridized carbons (Fsp3) is 0.579. The summed E-state index contributed by atoms with van der Waals surface area (Å²) in [5.41, 5.74) is 0.321. The Labute approximate surface area is 144 Å². The first-order chi connectivity index (χ1) is 11.2. The largest absolute Gasteiger partial charge is 0.464 e. The summed E-state index contributed by atoms with van der Waals surface area (Å²) in [6, 6.07) is 8.74. The molecule has 0 aliphatic heterocycles. The zero-order valence-electron chi connectivity index (χ0n) is 15.3. The number of alkyl carbamates (subject to hydrolysis) is 1. The van der Waals surface area contributed by atoms with Gasteiger partial charge in [-0.05, 0) is 32.3 Å². The Balaban J connectivity index is 2.74. The normalized spacial score (nSPS) is 13.7. The van der Waals surface area contributed by atoms with E-state index < -0.39 is 23.7 Å². The van der Waals surface area contributed by atoms with E-state index in [1.807, 2.05) is 44.2 Å². The summed E-state index contributed by atoms with van der Waals surface area (Å²) in [7, 11) is 0. The van der Waals surface area contributed by atoms with Crippen molar-refractivity contribution in [3.63, 3.8) is 0 Å². The van der Waals surface area contributed by atoms with Gasteiger partial charge in [0.15, 0.2) is 0 Å². The van der Waals surface area contributed by atoms with Crippen LogP contribution in [0.1, 0.15) is 46.6 Å². The Morgan fingerprint density at radius 3 is 2.33 bits per heavy atom. The highest BCUT2D eigenvalue weighted by atomic mass is 16.6. The molecule has 0 fully saturated rings. The molecule has 0 radical (unpaired) electrons. The van der Waals surface area contributed by atoms with E-state index in [0.717, 1.165) is 12.0 Å². The minimum absolute atomic E-state index is 0.285. The van der Waals surface area contributed by atoms with Gasteiger partial charge in [-0.15, -0.1) is 0 Å². The van der Waals surface area contributed by atoms with Crippen LogP contribution in [0.25, 0.3) is 0 Å². The molecule has 1 aromatic carbocycles. The van der Waals surface area contributed by atoms with Gasteiger partial charge >= 0.3 is 12.1 Å². The summed E-state index contributed by atoms with van der Waals surface area (Å²) >= 11 is 0. The number of hydrogen-bond donors (Lipinski definition) is 1. The van der Waals surface area contributed by atoms with Gasteiger partial charge in [-0.1, -0.05) is 50.6 Å². The third kappa shape index (κ3) is 7.99. The molecule has 1 N–H and O–H groups in total. The lowest BCUT2D eigenvalue weighted by atomic mass is 10.1. The maximum atomic E-state index is 12.4. The average Bonchev–Trinajstić information content (AvgIpc) is 2.50. The Hall–Kier alpha value is -2.04. The van der Waals surface area contributed by atoms with E-state index in [2.05, 4.69) is 5.32 Å². The highest BCUT2D eigenvalue weighted by Gasteiger charge is 2.26. The number of nitrogens with one attached hydrogen (secondary N) is 1. The standard InChI is InChI=1S/C19H29NO4/c1-6-14(2)13-23-17(21)16(12-15-10-8-7-9-11-15)20-18(22)24-19(3,4)5/h7-11,14,16H,6,12-13H2,1-5H3,(H,20,22)/t14?,16-/m0/s1. The van der Waals surface area contributed by atoms with Gasteiger partial charge in [0.2, 0.25) is 0 Å². The van der Waals surface area contributed by atoms with Gasteiger partial charge in [0.05, 0.1) is 6.61 Å². The van der Waals surface area contributed by atoms with Gasteiger partial charge in [-0.3, -0.25) is 0 Å². The fourth-order valence-corrected chi connectivity index (χ4v) is 1.94. The zero-order valence-corrected chi connectivity index (χ0v) is 15.3. The molecule has 1 aromatic rings. The Morgan fingerprint density at radius 2 is 1.79 bits per heavy atom. The lowest BCUT2D eigenvalue weighted by Gasteiger charge is -2.23. The van der Waals surface area contributed by atoms with Crippen molar-refractivity contribution >= 4 is 12.1 Å². The number of carbonyl (C=O) groups is 2. The highest BCUT2D eigenvalue weighted by molar-refractivity contribution is 5.81. The smallest absolute Gasteiger partial charge is 0.408 e. The molecule has 0 saturated carbocycles. The molecule has 0 aliphatic carbocycles. The Bertz CT molecular complexity index is 522. The van der Waals surface area contributed by atoms with E-state index in [-0.39, 0.29) is 5.92 Å². The minimum Gasteiger partial charge on any atom is -0.464 e. The van der Waals surface area contributed by atoms with E-state index in [9.17, 15) is 9.59 Å². The maximum absolute atomic E-state index is 12.4.